The Balaban J connectivity index is 2.85. The van der Waals surface area contributed by atoms with Gasteiger partial charge in [-0.3, -0.25) is 4.90 Å². The Morgan fingerprint density at radius 1 is 1.24 bits per heavy atom. The predicted octanol–water partition coefficient (Wildman–Crippen LogP) is 1.99. The molecule has 1 atom stereocenters. The topological polar surface area (TPSA) is 43.7 Å². The summed E-state index contributed by atoms with van der Waals surface area (Å²) in [6.45, 7) is 6.24. The van der Waals surface area contributed by atoms with Crippen molar-refractivity contribution in [1.82, 2.24) is 4.90 Å². The van der Waals surface area contributed by atoms with Gasteiger partial charge in [0.25, 0.3) is 0 Å². The van der Waals surface area contributed by atoms with Gasteiger partial charge < -0.3 is 10.2 Å². The third-order valence-electron chi connectivity index (χ3n) is 3.02. The van der Waals surface area contributed by atoms with E-state index in [-0.39, 0.29) is 12.6 Å². The second-order valence-electron chi connectivity index (χ2n) is 4.85. The van der Waals surface area contributed by atoms with E-state index in [1.807, 2.05) is 42.2 Å². The maximum atomic E-state index is 10.2. The van der Waals surface area contributed by atoms with Crippen LogP contribution in [0.3, 0.4) is 0 Å². The number of hydrogen-bond donors (Lipinski definition) is 2. The minimum atomic E-state index is -0.931. The van der Waals surface area contributed by atoms with Crippen LogP contribution in [0.5, 0.6) is 0 Å². The normalized spacial score (nSPS) is 14.0. The number of rotatable bonds is 6. The van der Waals surface area contributed by atoms with Crippen LogP contribution >= 0.6 is 0 Å². The lowest BCUT2D eigenvalue weighted by Gasteiger charge is -2.39. The first-order valence-corrected chi connectivity index (χ1v) is 6.13. The maximum absolute atomic E-state index is 10.2. The average Bonchev–Trinajstić information content (AvgIpc) is 2.29. The molecule has 3 heteroatoms. The molecule has 0 saturated heterocycles. The smallest absolute Gasteiger partial charge is 0.113 e. The van der Waals surface area contributed by atoms with Crippen LogP contribution in [-0.2, 0) is 6.54 Å². The molecule has 0 amide bonds. The molecule has 17 heavy (non-hydrogen) atoms. The van der Waals surface area contributed by atoms with Crippen LogP contribution in [0.1, 0.15) is 32.8 Å². The van der Waals surface area contributed by atoms with Crippen molar-refractivity contribution in [2.75, 3.05) is 6.61 Å². The molecule has 0 aliphatic carbocycles. The van der Waals surface area contributed by atoms with Crippen LogP contribution in [0.15, 0.2) is 30.3 Å². The zero-order valence-electron chi connectivity index (χ0n) is 10.9. The summed E-state index contributed by atoms with van der Waals surface area (Å²) < 4.78 is 0. The van der Waals surface area contributed by atoms with E-state index in [1.54, 1.807) is 13.8 Å². The predicted molar refractivity (Wildman–Crippen MR) is 69.4 cm³/mol. The molecule has 0 unspecified atom stereocenters. The largest absolute Gasteiger partial charge is 0.395 e. The molecule has 0 aliphatic rings. The summed E-state index contributed by atoms with van der Waals surface area (Å²) >= 11 is 0. The quantitative estimate of drug-likeness (QED) is 0.744. The summed E-state index contributed by atoms with van der Waals surface area (Å²) in [5.41, 5.74) is 0.209. The van der Waals surface area contributed by atoms with Crippen LogP contribution in [-0.4, -0.2) is 33.5 Å². The fourth-order valence-corrected chi connectivity index (χ4v) is 2.00. The molecular weight excluding hydrogens is 214 g/mol. The van der Waals surface area contributed by atoms with E-state index >= 15 is 0 Å². The summed E-state index contributed by atoms with van der Waals surface area (Å²) in [6, 6.07) is 9.98. The van der Waals surface area contributed by atoms with Crippen LogP contribution < -0.4 is 0 Å². The van der Waals surface area contributed by atoms with Crippen LogP contribution in [0.2, 0.25) is 0 Å². The van der Waals surface area contributed by atoms with E-state index in [4.69, 9.17) is 0 Å². The van der Waals surface area contributed by atoms with E-state index in [2.05, 4.69) is 0 Å². The third kappa shape index (κ3) is 4.11. The Morgan fingerprint density at radius 3 is 2.24 bits per heavy atom. The third-order valence-corrected chi connectivity index (χ3v) is 3.02. The van der Waals surface area contributed by atoms with Crippen molar-refractivity contribution in [2.24, 2.45) is 0 Å². The van der Waals surface area contributed by atoms with Crippen LogP contribution in [0.25, 0.3) is 0 Å². The molecule has 96 valence electrons. The van der Waals surface area contributed by atoms with Gasteiger partial charge in [0.2, 0.25) is 0 Å². The molecule has 3 nitrogen and oxygen atoms in total. The van der Waals surface area contributed by atoms with Gasteiger partial charge in [0.1, 0.15) is 5.72 Å². The highest BCUT2D eigenvalue weighted by Crippen LogP contribution is 2.20. The van der Waals surface area contributed by atoms with Gasteiger partial charge in [-0.2, -0.15) is 0 Å². The second kappa shape index (κ2) is 6.15. The maximum Gasteiger partial charge on any atom is 0.113 e. The number of nitrogens with zero attached hydrogens (tertiary/aromatic N) is 1. The van der Waals surface area contributed by atoms with E-state index in [0.717, 1.165) is 12.0 Å². The first kappa shape index (κ1) is 14.2. The van der Waals surface area contributed by atoms with Crippen LogP contribution in [0, 0.1) is 0 Å². The molecule has 2 N–H and O–H groups in total. The zero-order valence-corrected chi connectivity index (χ0v) is 10.9. The molecule has 0 saturated carbocycles. The average molecular weight is 237 g/mol. The van der Waals surface area contributed by atoms with Gasteiger partial charge in [0.15, 0.2) is 0 Å². The van der Waals surface area contributed by atoms with Crippen molar-refractivity contribution in [3.05, 3.63) is 35.9 Å². The number of aliphatic hydroxyl groups excluding tert-OH is 1. The molecule has 0 radical (unpaired) electrons. The van der Waals surface area contributed by atoms with Crippen molar-refractivity contribution < 1.29 is 10.2 Å². The molecule has 0 fully saturated rings. The van der Waals surface area contributed by atoms with Crippen LogP contribution in [0.4, 0.5) is 0 Å². The Kier molecular flexibility index (Phi) is 5.12. The fourth-order valence-electron chi connectivity index (χ4n) is 2.00. The molecule has 1 aromatic carbocycles. The van der Waals surface area contributed by atoms with Gasteiger partial charge in [-0.15, -0.1) is 0 Å². The number of aliphatic hydroxyl groups is 2. The monoisotopic (exact) mass is 237 g/mol. The van der Waals surface area contributed by atoms with Gasteiger partial charge >= 0.3 is 0 Å². The minimum absolute atomic E-state index is 0.0183. The number of hydrogen-bond acceptors (Lipinski definition) is 3. The minimum Gasteiger partial charge on any atom is -0.395 e. The first-order chi connectivity index (χ1) is 7.99. The summed E-state index contributed by atoms with van der Waals surface area (Å²) in [5, 5.41) is 19.6. The summed E-state index contributed by atoms with van der Waals surface area (Å²) in [4.78, 5) is 1.93. The van der Waals surface area contributed by atoms with Gasteiger partial charge in [-0.25, -0.2) is 0 Å². The van der Waals surface area contributed by atoms with Crippen molar-refractivity contribution in [3.8, 4) is 0 Å². The SMILES string of the molecule is CC[C@@H](CO)N(Cc1ccccc1)C(C)(C)O. The highest BCUT2D eigenvalue weighted by molar-refractivity contribution is 5.14. The van der Waals surface area contributed by atoms with E-state index in [9.17, 15) is 10.2 Å². The van der Waals surface area contributed by atoms with Gasteiger partial charge in [0.05, 0.1) is 6.61 Å². The Bertz CT molecular complexity index is 315. The van der Waals surface area contributed by atoms with Crippen molar-refractivity contribution in [2.45, 2.75) is 45.5 Å². The summed E-state index contributed by atoms with van der Waals surface area (Å²) in [6.07, 6.45) is 0.813. The lowest BCUT2D eigenvalue weighted by Crippen LogP contribution is -2.50. The molecule has 0 aromatic heterocycles. The molecule has 1 rings (SSSR count). The van der Waals surface area contributed by atoms with Crippen molar-refractivity contribution in [3.63, 3.8) is 0 Å². The zero-order chi connectivity index (χ0) is 12.9. The summed E-state index contributed by atoms with van der Waals surface area (Å²) in [5.74, 6) is 0. The van der Waals surface area contributed by atoms with E-state index in [1.165, 1.54) is 0 Å². The molecule has 0 spiro atoms. The fraction of sp³-hybridized carbons (Fsp3) is 0.571. The molecular formula is C14H23NO2. The molecule has 0 aliphatic heterocycles. The lowest BCUT2D eigenvalue weighted by molar-refractivity contribution is -0.116. The molecule has 1 aromatic rings. The number of benzene rings is 1. The lowest BCUT2D eigenvalue weighted by atomic mass is 10.1. The van der Waals surface area contributed by atoms with E-state index in [0.29, 0.717) is 6.54 Å². The Labute approximate surface area is 104 Å². The van der Waals surface area contributed by atoms with Gasteiger partial charge in [-0.05, 0) is 25.8 Å². The second-order valence-corrected chi connectivity index (χ2v) is 4.85. The Morgan fingerprint density at radius 2 is 1.82 bits per heavy atom. The van der Waals surface area contributed by atoms with Gasteiger partial charge in [-0.1, -0.05) is 37.3 Å². The van der Waals surface area contributed by atoms with Gasteiger partial charge in [0, 0.05) is 12.6 Å². The molecule has 0 bridgehead atoms. The van der Waals surface area contributed by atoms with Crippen molar-refractivity contribution in [1.29, 1.82) is 0 Å². The summed E-state index contributed by atoms with van der Waals surface area (Å²) in [7, 11) is 0. The van der Waals surface area contributed by atoms with E-state index < -0.39 is 5.72 Å². The highest BCUT2D eigenvalue weighted by atomic mass is 16.3. The first-order valence-electron chi connectivity index (χ1n) is 6.13. The highest BCUT2D eigenvalue weighted by Gasteiger charge is 2.29. The molecule has 0 heterocycles. The van der Waals surface area contributed by atoms with Crippen molar-refractivity contribution >= 4 is 0 Å². The standard InChI is InChI=1S/C14H23NO2/c1-4-13(11-16)15(14(2,3)17)10-12-8-6-5-7-9-12/h5-9,13,16-17H,4,10-11H2,1-3H3/t13-/m0/s1. The Hall–Kier alpha value is -0.900.